The molecular formula is C18H26N2O5. The highest BCUT2D eigenvalue weighted by atomic mass is 16.5. The van der Waals surface area contributed by atoms with Crippen LogP contribution in [-0.4, -0.2) is 50.0 Å². The number of rotatable bonds is 9. The Labute approximate surface area is 148 Å². The van der Waals surface area contributed by atoms with Gasteiger partial charge in [0, 0.05) is 25.2 Å². The molecule has 25 heavy (non-hydrogen) atoms. The monoisotopic (exact) mass is 350 g/mol. The smallest absolute Gasteiger partial charge is 0.306 e. The molecule has 0 atom stereocenters. The number of carbonyl (C=O) groups excluding carboxylic acids is 3. The molecule has 1 N–H and O–H groups in total. The number of nitrogens with one attached hydrogen (secondary N) is 1. The first-order valence-corrected chi connectivity index (χ1v) is 8.15. The van der Waals surface area contributed by atoms with E-state index in [-0.39, 0.29) is 25.5 Å². The zero-order chi connectivity index (χ0) is 18.8. The number of benzene rings is 1. The highest BCUT2D eigenvalue weighted by molar-refractivity contribution is 5.94. The molecule has 0 saturated carbocycles. The zero-order valence-corrected chi connectivity index (χ0v) is 15.2. The number of hydrogen-bond acceptors (Lipinski definition) is 5. The van der Waals surface area contributed by atoms with Gasteiger partial charge in [-0.3, -0.25) is 14.4 Å². The molecule has 0 radical (unpaired) electrons. The Hall–Kier alpha value is -2.57. The lowest BCUT2D eigenvalue weighted by Gasteiger charge is -2.17. The van der Waals surface area contributed by atoms with Crippen LogP contribution in [0.25, 0.3) is 0 Å². The third-order valence-electron chi connectivity index (χ3n) is 3.44. The average Bonchev–Trinajstić information content (AvgIpc) is 2.57. The molecule has 0 fully saturated rings. The molecule has 2 amide bonds. The Morgan fingerprint density at radius 2 is 1.96 bits per heavy atom. The first-order chi connectivity index (χ1) is 11.8. The van der Waals surface area contributed by atoms with Crippen molar-refractivity contribution < 1.29 is 23.9 Å². The highest BCUT2D eigenvalue weighted by Gasteiger charge is 2.15. The van der Waals surface area contributed by atoms with Crippen molar-refractivity contribution in [3.8, 4) is 5.75 Å². The lowest BCUT2D eigenvalue weighted by molar-refractivity contribution is -0.152. The quantitative estimate of drug-likeness (QED) is 0.689. The molecule has 0 heterocycles. The van der Waals surface area contributed by atoms with Crippen LogP contribution in [-0.2, 0) is 19.1 Å². The van der Waals surface area contributed by atoms with E-state index in [1.807, 2.05) is 13.8 Å². The van der Waals surface area contributed by atoms with Crippen molar-refractivity contribution >= 4 is 23.5 Å². The van der Waals surface area contributed by atoms with Gasteiger partial charge in [-0.1, -0.05) is 19.9 Å². The number of nitrogens with zero attached hydrogens (tertiary/aromatic N) is 1. The normalized spacial score (nSPS) is 10.3. The molecule has 0 aliphatic carbocycles. The fraction of sp³-hybridized carbons (Fsp3) is 0.500. The van der Waals surface area contributed by atoms with Gasteiger partial charge in [0.1, 0.15) is 5.75 Å². The molecule has 1 aromatic carbocycles. The van der Waals surface area contributed by atoms with Gasteiger partial charge < -0.3 is 19.7 Å². The fourth-order valence-electron chi connectivity index (χ4n) is 1.94. The molecule has 7 heteroatoms. The topological polar surface area (TPSA) is 84.9 Å². The largest absolute Gasteiger partial charge is 0.497 e. The third kappa shape index (κ3) is 8.19. The van der Waals surface area contributed by atoms with E-state index in [0.717, 1.165) is 0 Å². The molecule has 0 aliphatic heterocycles. The van der Waals surface area contributed by atoms with Crippen LogP contribution in [0.4, 0.5) is 5.69 Å². The van der Waals surface area contributed by atoms with Crippen LogP contribution in [0, 0.1) is 5.92 Å². The fourth-order valence-corrected chi connectivity index (χ4v) is 1.94. The van der Waals surface area contributed by atoms with Crippen molar-refractivity contribution in [1.82, 2.24) is 4.90 Å². The Morgan fingerprint density at radius 3 is 2.60 bits per heavy atom. The second-order valence-electron chi connectivity index (χ2n) is 6.12. The lowest BCUT2D eigenvalue weighted by atomic mass is 10.1. The minimum absolute atomic E-state index is 0.139. The van der Waals surface area contributed by atoms with Gasteiger partial charge in [-0.2, -0.15) is 0 Å². The number of methoxy groups -OCH3 is 1. The Balaban J connectivity index is 2.38. The van der Waals surface area contributed by atoms with Crippen LogP contribution in [0.5, 0.6) is 5.75 Å². The summed E-state index contributed by atoms with van der Waals surface area (Å²) in [4.78, 5) is 36.6. The van der Waals surface area contributed by atoms with Gasteiger partial charge in [0.2, 0.25) is 5.91 Å². The lowest BCUT2D eigenvalue weighted by Crippen LogP contribution is -2.37. The van der Waals surface area contributed by atoms with Gasteiger partial charge in [-0.15, -0.1) is 0 Å². The van der Waals surface area contributed by atoms with E-state index in [2.05, 4.69) is 5.32 Å². The maximum Gasteiger partial charge on any atom is 0.306 e. The first-order valence-electron chi connectivity index (χ1n) is 8.15. The van der Waals surface area contributed by atoms with E-state index >= 15 is 0 Å². The zero-order valence-electron chi connectivity index (χ0n) is 15.2. The maximum absolute atomic E-state index is 12.0. The molecule has 0 unspecified atom stereocenters. The maximum atomic E-state index is 12.0. The predicted octanol–water partition coefficient (Wildman–Crippen LogP) is 2.07. The van der Waals surface area contributed by atoms with E-state index in [1.54, 1.807) is 24.3 Å². The summed E-state index contributed by atoms with van der Waals surface area (Å²) in [6.07, 6.45) is 0.997. The average molecular weight is 350 g/mol. The van der Waals surface area contributed by atoms with Gasteiger partial charge in [-0.25, -0.2) is 0 Å². The second kappa shape index (κ2) is 10.3. The number of ether oxygens (including phenoxy) is 2. The third-order valence-corrected chi connectivity index (χ3v) is 3.44. The highest BCUT2D eigenvalue weighted by Crippen LogP contribution is 2.16. The summed E-state index contributed by atoms with van der Waals surface area (Å²) in [5.41, 5.74) is 0.574. The van der Waals surface area contributed by atoms with Crippen molar-refractivity contribution in [1.29, 1.82) is 0 Å². The molecule has 7 nitrogen and oxygen atoms in total. The minimum atomic E-state index is -0.432. The van der Waals surface area contributed by atoms with Crippen molar-refractivity contribution in [2.45, 2.75) is 26.7 Å². The molecule has 0 spiro atoms. The molecule has 0 aliphatic rings. The number of carbonyl (C=O) groups is 3. The predicted molar refractivity (Wildman–Crippen MR) is 94.3 cm³/mol. The number of anilines is 1. The van der Waals surface area contributed by atoms with Gasteiger partial charge in [0.05, 0.1) is 13.7 Å². The Kier molecular flexibility index (Phi) is 8.46. The Bertz CT molecular complexity index is 601. The van der Waals surface area contributed by atoms with E-state index in [1.165, 1.54) is 19.1 Å². The molecule has 0 aromatic heterocycles. The first kappa shape index (κ1) is 20.5. The van der Waals surface area contributed by atoms with E-state index in [9.17, 15) is 14.4 Å². The number of amides is 2. The van der Waals surface area contributed by atoms with E-state index < -0.39 is 11.9 Å². The summed E-state index contributed by atoms with van der Waals surface area (Å²) in [5, 5.41) is 2.68. The van der Waals surface area contributed by atoms with Crippen molar-refractivity contribution in [3.05, 3.63) is 24.3 Å². The molecule has 0 saturated heterocycles. The number of hydrogen-bond donors (Lipinski definition) is 1. The van der Waals surface area contributed by atoms with Crippen LogP contribution in [0.15, 0.2) is 24.3 Å². The van der Waals surface area contributed by atoms with Crippen molar-refractivity contribution in [3.63, 3.8) is 0 Å². The number of likely N-dealkylation sites (N-methyl/N-ethyl adjacent to an activating group) is 1. The van der Waals surface area contributed by atoms with Crippen LogP contribution in [0.2, 0.25) is 0 Å². The summed E-state index contributed by atoms with van der Waals surface area (Å²) >= 11 is 0. The molecule has 1 rings (SSSR count). The summed E-state index contributed by atoms with van der Waals surface area (Å²) < 4.78 is 10.0. The molecule has 138 valence electrons. The summed E-state index contributed by atoms with van der Waals surface area (Å²) in [7, 11) is 3.02. The summed E-state index contributed by atoms with van der Waals surface area (Å²) in [5.74, 6) is -0.174. The van der Waals surface area contributed by atoms with Crippen LogP contribution < -0.4 is 10.1 Å². The van der Waals surface area contributed by atoms with Gasteiger partial charge in [-0.05, 0) is 24.5 Å². The van der Waals surface area contributed by atoms with Crippen molar-refractivity contribution in [2.24, 2.45) is 5.92 Å². The standard InChI is InChI=1S/C18H26N2O5/c1-13(2)8-9-18(23)25-12-17(22)20(3)11-16(21)19-14-6-5-7-15(10-14)24-4/h5-7,10,13H,8-9,11-12H2,1-4H3,(H,19,21). The molecule has 1 aromatic rings. The molecular weight excluding hydrogens is 324 g/mol. The summed E-state index contributed by atoms with van der Waals surface area (Å²) in [6, 6.07) is 6.91. The van der Waals surface area contributed by atoms with Gasteiger partial charge >= 0.3 is 5.97 Å². The SMILES string of the molecule is COc1cccc(NC(=O)CN(C)C(=O)COC(=O)CCC(C)C)c1. The Morgan fingerprint density at radius 1 is 1.24 bits per heavy atom. The summed E-state index contributed by atoms with van der Waals surface area (Å²) in [6.45, 7) is 3.51. The van der Waals surface area contributed by atoms with E-state index in [4.69, 9.17) is 9.47 Å². The van der Waals surface area contributed by atoms with Crippen molar-refractivity contribution in [2.75, 3.05) is 32.6 Å². The minimum Gasteiger partial charge on any atom is -0.497 e. The molecule has 0 bridgehead atoms. The van der Waals surface area contributed by atoms with E-state index in [0.29, 0.717) is 23.8 Å². The van der Waals surface area contributed by atoms with Crippen LogP contribution in [0.1, 0.15) is 26.7 Å². The van der Waals surface area contributed by atoms with Crippen LogP contribution >= 0.6 is 0 Å². The van der Waals surface area contributed by atoms with Gasteiger partial charge in [0.15, 0.2) is 6.61 Å². The van der Waals surface area contributed by atoms with Crippen LogP contribution in [0.3, 0.4) is 0 Å². The number of esters is 1. The second-order valence-corrected chi connectivity index (χ2v) is 6.12. The van der Waals surface area contributed by atoms with Gasteiger partial charge in [0.25, 0.3) is 5.91 Å².